The van der Waals surface area contributed by atoms with Crippen molar-refractivity contribution in [1.29, 1.82) is 0 Å². The van der Waals surface area contributed by atoms with Gasteiger partial charge in [-0.3, -0.25) is 9.59 Å². The van der Waals surface area contributed by atoms with E-state index in [1.807, 2.05) is 30.5 Å². The van der Waals surface area contributed by atoms with Crippen LogP contribution in [-0.4, -0.2) is 47.8 Å². The average molecular weight is 336 g/mol. The summed E-state index contributed by atoms with van der Waals surface area (Å²) < 4.78 is 0. The standard InChI is InChI=1S/C19H20N4O2/c1-20-19(25)13-6-4-5-12(7-13)14-8-16-15(9-17(24)23(2)3)11-22-18(16)21-10-14/h4-8,10-11H,9H2,1-3H3,(H,20,25)(H,21,22). The van der Waals surface area contributed by atoms with Crippen molar-refractivity contribution in [3.05, 3.63) is 53.9 Å². The summed E-state index contributed by atoms with van der Waals surface area (Å²) in [7, 11) is 5.09. The number of nitrogens with zero attached hydrogens (tertiary/aromatic N) is 2. The fourth-order valence-corrected chi connectivity index (χ4v) is 2.67. The molecular weight excluding hydrogens is 316 g/mol. The lowest BCUT2D eigenvalue weighted by Gasteiger charge is -2.09. The van der Waals surface area contributed by atoms with Gasteiger partial charge in [0.2, 0.25) is 5.91 Å². The first-order valence-electron chi connectivity index (χ1n) is 7.98. The van der Waals surface area contributed by atoms with E-state index in [4.69, 9.17) is 0 Å². The number of pyridine rings is 1. The van der Waals surface area contributed by atoms with E-state index in [0.717, 1.165) is 27.7 Å². The molecule has 0 bridgehead atoms. The summed E-state index contributed by atoms with van der Waals surface area (Å²) in [4.78, 5) is 33.0. The Morgan fingerprint density at radius 2 is 2.00 bits per heavy atom. The van der Waals surface area contributed by atoms with Gasteiger partial charge in [0.15, 0.2) is 0 Å². The zero-order chi connectivity index (χ0) is 18.0. The fraction of sp³-hybridized carbons (Fsp3) is 0.211. The summed E-state index contributed by atoms with van der Waals surface area (Å²) in [5.41, 5.74) is 4.05. The van der Waals surface area contributed by atoms with Crippen LogP contribution in [-0.2, 0) is 11.2 Å². The lowest BCUT2D eigenvalue weighted by atomic mass is 10.0. The number of rotatable bonds is 4. The van der Waals surface area contributed by atoms with Gasteiger partial charge in [-0.25, -0.2) is 4.98 Å². The molecule has 128 valence electrons. The SMILES string of the molecule is CNC(=O)c1cccc(-c2cnc3[nH]cc(CC(=O)N(C)C)c3c2)c1. The Kier molecular flexibility index (Phi) is 4.52. The second-order valence-corrected chi connectivity index (χ2v) is 6.06. The van der Waals surface area contributed by atoms with E-state index in [-0.39, 0.29) is 11.8 Å². The second-order valence-electron chi connectivity index (χ2n) is 6.06. The molecule has 0 saturated carbocycles. The highest BCUT2D eigenvalue weighted by molar-refractivity contribution is 5.95. The largest absolute Gasteiger partial charge is 0.355 e. The number of carbonyl (C=O) groups excluding carboxylic acids is 2. The lowest BCUT2D eigenvalue weighted by Crippen LogP contribution is -2.23. The van der Waals surface area contributed by atoms with Crippen molar-refractivity contribution in [3.63, 3.8) is 0 Å². The number of nitrogens with one attached hydrogen (secondary N) is 2. The summed E-state index contributed by atoms with van der Waals surface area (Å²) >= 11 is 0. The number of benzene rings is 1. The molecule has 0 spiro atoms. The first-order chi connectivity index (χ1) is 12.0. The molecule has 0 radical (unpaired) electrons. The maximum Gasteiger partial charge on any atom is 0.251 e. The minimum Gasteiger partial charge on any atom is -0.355 e. The summed E-state index contributed by atoms with van der Waals surface area (Å²) in [6.07, 6.45) is 3.90. The van der Waals surface area contributed by atoms with Crippen LogP contribution >= 0.6 is 0 Å². The number of carbonyl (C=O) groups is 2. The van der Waals surface area contributed by atoms with Crippen LogP contribution in [0.5, 0.6) is 0 Å². The first kappa shape index (κ1) is 16.7. The molecule has 0 atom stereocenters. The molecule has 3 aromatic rings. The molecule has 0 unspecified atom stereocenters. The third-order valence-corrected chi connectivity index (χ3v) is 4.14. The fourth-order valence-electron chi connectivity index (χ4n) is 2.67. The zero-order valence-electron chi connectivity index (χ0n) is 14.5. The van der Waals surface area contributed by atoms with E-state index in [1.165, 1.54) is 0 Å². The summed E-state index contributed by atoms with van der Waals surface area (Å²) in [5, 5.41) is 3.54. The van der Waals surface area contributed by atoms with Gasteiger partial charge in [-0.1, -0.05) is 12.1 Å². The molecule has 6 nitrogen and oxygen atoms in total. The van der Waals surface area contributed by atoms with E-state index in [0.29, 0.717) is 12.0 Å². The Bertz CT molecular complexity index is 944. The molecule has 0 saturated heterocycles. The number of amides is 2. The first-order valence-corrected chi connectivity index (χ1v) is 7.98. The molecule has 6 heteroatoms. The molecule has 1 aromatic carbocycles. The van der Waals surface area contributed by atoms with Gasteiger partial charge in [0, 0.05) is 50.0 Å². The molecule has 2 amide bonds. The van der Waals surface area contributed by atoms with Crippen LogP contribution < -0.4 is 5.32 Å². The van der Waals surface area contributed by atoms with Gasteiger partial charge in [0.25, 0.3) is 5.91 Å². The quantitative estimate of drug-likeness (QED) is 0.767. The van der Waals surface area contributed by atoms with Crippen molar-refractivity contribution >= 4 is 22.8 Å². The second kappa shape index (κ2) is 6.76. The summed E-state index contributed by atoms with van der Waals surface area (Å²) in [6, 6.07) is 9.38. The molecule has 0 fully saturated rings. The van der Waals surface area contributed by atoms with E-state index in [2.05, 4.69) is 15.3 Å². The van der Waals surface area contributed by atoms with Crippen LogP contribution in [0.1, 0.15) is 15.9 Å². The molecule has 0 aliphatic rings. The summed E-state index contributed by atoms with van der Waals surface area (Å²) in [5.74, 6) is -0.0947. The van der Waals surface area contributed by atoms with E-state index < -0.39 is 0 Å². The molecule has 25 heavy (non-hydrogen) atoms. The maximum atomic E-state index is 12.0. The highest BCUT2D eigenvalue weighted by atomic mass is 16.2. The zero-order valence-corrected chi connectivity index (χ0v) is 14.5. The lowest BCUT2D eigenvalue weighted by molar-refractivity contribution is -0.127. The monoisotopic (exact) mass is 336 g/mol. The Morgan fingerprint density at radius 1 is 1.20 bits per heavy atom. The Balaban J connectivity index is 2.01. The third-order valence-electron chi connectivity index (χ3n) is 4.14. The van der Waals surface area contributed by atoms with E-state index in [1.54, 1.807) is 38.3 Å². The van der Waals surface area contributed by atoms with Crippen LogP contribution in [0.3, 0.4) is 0 Å². The predicted octanol–water partition coefficient (Wildman–Crippen LogP) is 2.22. The van der Waals surface area contributed by atoms with Gasteiger partial charge in [-0.15, -0.1) is 0 Å². The van der Waals surface area contributed by atoms with Gasteiger partial charge in [-0.2, -0.15) is 0 Å². The van der Waals surface area contributed by atoms with Crippen LogP contribution in [0.15, 0.2) is 42.7 Å². The van der Waals surface area contributed by atoms with Crippen molar-refractivity contribution in [2.75, 3.05) is 21.1 Å². The molecule has 0 aliphatic carbocycles. The van der Waals surface area contributed by atoms with Gasteiger partial charge < -0.3 is 15.2 Å². The molecule has 2 aromatic heterocycles. The Labute approximate surface area is 145 Å². The van der Waals surface area contributed by atoms with Crippen LogP contribution in [0, 0.1) is 0 Å². The summed E-state index contributed by atoms with van der Waals surface area (Å²) in [6.45, 7) is 0. The van der Waals surface area contributed by atoms with Gasteiger partial charge in [-0.05, 0) is 29.3 Å². The average Bonchev–Trinajstić information content (AvgIpc) is 3.03. The number of hydrogen-bond donors (Lipinski definition) is 2. The highest BCUT2D eigenvalue weighted by Gasteiger charge is 2.12. The third kappa shape index (κ3) is 3.38. The number of hydrogen-bond acceptors (Lipinski definition) is 3. The van der Waals surface area contributed by atoms with Crippen LogP contribution in [0.25, 0.3) is 22.2 Å². The molecule has 2 N–H and O–H groups in total. The van der Waals surface area contributed by atoms with Crippen molar-refractivity contribution in [3.8, 4) is 11.1 Å². The number of likely N-dealkylation sites (N-methyl/N-ethyl adjacent to an activating group) is 1. The Morgan fingerprint density at radius 3 is 2.72 bits per heavy atom. The van der Waals surface area contributed by atoms with Crippen molar-refractivity contribution in [1.82, 2.24) is 20.2 Å². The molecule has 2 heterocycles. The van der Waals surface area contributed by atoms with Crippen molar-refractivity contribution in [2.24, 2.45) is 0 Å². The predicted molar refractivity (Wildman–Crippen MR) is 97.3 cm³/mol. The molecule has 3 rings (SSSR count). The van der Waals surface area contributed by atoms with Crippen molar-refractivity contribution in [2.45, 2.75) is 6.42 Å². The van der Waals surface area contributed by atoms with Gasteiger partial charge >= 0.3 is 0 Å². The van der Waals surface area contributed by atoms with Crippen LogP contribution in [0.2, 0.25) is 0 Å². The highest BCUT2D eigenvalue weighted by Crippen LogP contribution is 2.26. The van der Waals surface area contributed by atoms with E-state index >= 15 is 0 Å². The number of H-pyrrole nitrogens is 1. The van der Waals surface area contributed by atoms with Crippen LogP contribution in [0.4, 0.5) is 0 Å². The molecular formula is C19H20N4O2. The minimum atomic E-state index is -0.130. The smallest absolute Gasteiger partial charge is 0.251 e. The normalized spacial score (nSPS) is 10.7. The van der Waals surface area contributed by atoms with Gasteiger partial charge in [0.1, 0.15) is 5.65 Å². The van der Waals surface area contributed by atoms with Crippen molar-refractivity contribution < 1.29 is 9.59 Å². The number of aromatic amines is 1. The number of aromatic nitrogens is 2. The van der Waals surface area contributed by atoms with E-state index in [9.17, 15) is 9.59 Å². The topological polar surface area (TPSA) is 78.1 Å². The maximum absolute atomic E-state index is 12.0. The number of fused-ring (bicyclic) bond motifs is 1. The Hall–Kier alpha value is -3.15. The molecule has 0 aliphatic heterocycles. The minimum absolute atomic E-state index is 0.0351. The van der Waals surface area contributed by atoms with Gasteiger partial charge in [0.05, 0.1) is 6.42 Å².